The monoisotopic (exact) mass is 192 g/mol. The highest BCUT2D eigenvalue weighted by Crippen LogP contribution is 2.49. The molecule has 2 rings (SSSR count). The Kier molecular flexibility index (Phi) is 2.14. The molecule has 1 aliphatic carbocycles. The summed E-state index contributed by atoms with van der Waals surface area (Å²) in [6.07, 6.45) is 0.889. The third kappa shape index (κ3) is 1.45. The molecule has 0 saturated heterocycles. The minimum absolute atomic E-state index is 0.135. The van der Waals surface area contributed by atoms with Gasteiger partial charge in [0.05, 0.1) is 0 Å². The van der Waals surface area contributed by atoms with Crippen LogP contribution in [0.4, 0.5) is 4.39 Å². The van der Waals surface area contributed by atoms with Crippen LogP contribution < -0.4 is 0 Å². The summed E-state index contributed by atoms with van der Waals surface area (Å²) in [5.41, 5.74) is 1.70. The van der Waals surface area contributed by atoms with Gasteiger partial charge in [-0.05, 0) is 43.4 Å². The fourth-order valence-electron chi connectivity index (χ4n) is 2.01. The average molecular weight is 192 g/mol. The van der Waals surface area contributed by atoms with Crippen LogP contribution in [0.2, 0.25) is 0 Å². The number of hydrogen-bond acceptors (Lipinski definition) is 1. The minimum Gasteiger partial charge on any atom is -0.300 e. The van der Waals surface area contributed by atoms with Crippen LogP contribution in [-0.4, -0.2) is 5.78 Å². The molecule has 1 nitrogen and oxygen atoms in total. The lowest BCUT2D eigenvalue weighted by molar-refractivity contribution is -0.118. The van der Waals surface area contributed by atoms with E-state index in [1.807, 2.05) is 6.07 Å². The largest absolute Gasteiger partial charge is 0.300 e. The van der Waals surface area contributed by atoms with Crippen LogP contribution in [0.1, 0.15) is 30.4 Å². The molecule has 0 aliphatic heterocycles. The summed E-state index contributed by atoms with van der Waals surface area (Å²) in [5, 5.41) is 0. The summed E-state index contributed by atoms with van der Waals surface area (Å²) in [7, 11) is 0. The van der Waals surface area contributed by atoms with Crippen molar-refractivity contribution >= 4 is 5.78 Å². The maximum Gasteiger partial charge on any atom is 0.133 e. The lowest BCUT2D eigenvalue weighted by atomic mass is 10.0. The van der Waals surface area contributed by atoms with Crippen molar-refractivity contribution < 1.29 is 9.18 Å². The van der Waals surface area contributed by atoms with Gasteiger partial charge in [-0.25, -0.2) is 4.39 Å². The number of hydrogen-bond donors (Lipinski definition) is 0. The molecule has 0 N–H and O–H groups in total. The zero-order chi connectivity index (χ0) is 10.3. The van der Waals surface area contributed by atoms with Gasteiger partial charge in [-0.15, -0.1) is 0 Å². The van der Waals surface area contributed by atoms with E-state index < -0.39 is 0 Å². The predicted octanol–water partition coefficient (Wildman–Crippen LogP) is 2.83. The van der Waals surface area contributed by atoms with E-state index in [2.05, 4.69) is 0 Å². The second kappa shape index (κ2) is 3.19. The van der Waals surface area contributed by atoms with Crippen molar-refractivity contribution in [1.82, 2.24) is 0 Å². The first kappa shape index (κ1) is 9.38. The van der Waals surface area contributed by atoms with Crippen molar-refractivity contribution in [3.05, 3.63) is 35.1 Å². The average Bonchev–Trinajstić information content (AvgIpc) is 2.89. The van der Waals surface area contributed by atoms with Gasteiger partial charge in [0.25, 0.3) is 0 Å². The summed E-state index contributed by atoms with van der Waals surface area (Å²) in [4.78, 5) is 11.1. The third-order valence-corrected chi connectivity index (χ3v) is 3.02. The molecule has 14 heavy (non-hydrogen) atoms. The summed E-state index contributed by atoms with van der Waals surface area (Å²) < 4.78 is 13.2. The number of halogens is 1. The minimum atomic E-state index is -0.170. The number of Topliss-reactive ketones (excluding diaryl/α,β-unsaturated/α-hetero) is 1. The van der Waals surface area contributed by atoms with Gasteiger partial charge in [-0.3, -0.25) is 4.79 Å². The maximum absolute atomic E-state index is 13.2. The molecule has 1 fully saturated rings. The Hall–Kier alpha value is -1.18. The fourth-order valence-corrected chi connectivity index (χ4v) is 2.01. The van der Waals surface area contributed by atoms with Gasteiger partial charge in [-0.2, -0.15) is 0 Å². The zero-order valence-corrected chi connectivity index (χ0v) is 8.38. The zero-order valence-electron chi connectivity index (χ0n) is 8.38. The van der Waals surface area contributed by atoms with Gasteiger partial charge >= 0.3 is 0 Å². The topological polar surface area (TPSA) is 17.1 Å². The summed E-state index contributed by atoms with van der Waals surface area (Å²) in [6, 6.07) is 5.10. The van der Waals surface area contributed by atoms with Crippen molar-refractivity contribution in [3.63, 3.8) is 0 Å². The van der Waals surface area contributed by atoms with Crippen LogP contribution in [0.3, 0.4) is 0 Å². The van der Waals surface area contributed by atoms with Crippen LogP contribution in [0.25, 0.3) is 0 Å². The van der Waals surface area contributed by atoms with Crippen molar-refractivity contribution in [3.8, 4) is 0 Å². The molecular weight excluding hydrogens is 179 g/mol. The van der Waals surface area contributed by atoms with E-state index >= 15 is 0 Å². The molecule has 74 valence electrons. The standard InChI is InChI=1S/C12H13FO/c1-7-9(4-3-5-12(7)13)11-6-10(11)8(2)14/h3-5,10-11H,6H2,1-2H3/t10-,11-/m1/s1. The molecule has 0 radical (unpaired) electrons. The Labute approximate surface area is 82.9 Å². The first-order valence-corrected chi connectivity index (χ1v) is 4.86. The molecule has 1 saturated carbocycles. The molecular formula is C12H13FO. The lowest BCUT2D eigenvalue weighted by Gasteiger charge is -2.04. The molecule has 0 heterocycles. The number of carbonyl (C=O) groups excluding carboxylic acids is 1. The molecule has 0 aromatic heterocycles. The molecule has 0 amide bonds. The van der Waals surface area contributed by atoms with Crippen LogP contribution in [-0.2, 0) is 4.79 Å². The number of ketones is 1. The van der Waals surface area contributed by atoms with Crippen molar-refractivity contribution in [2.75, 3.05) is 0 Å². The normalized spacial score (nSPS) is 24.8. The lowest BCUT2D eigenvalue weighted by Crippen LogP contribution is -1.97. The summed E-state index contributed by atoms with van der Waals surface area (Å²) in [5.74, 6) is 0.453. The molecule has 2 atom stereocenters. The Bertz CT molecular complexity index is 384. The van der Waals surface area contributed by atoms with Crippen LogP contribution in [0, 0.1) is 18.7 Å². The van der Waals surface area contributed by atoms with E-state index in [0.29, 0.717) is 5.56 Å². The van der Waals surface area contributed by atoms with E-state index in [1.165, 1.54) is 6.07 Å². The summed E-state index contributed by atoms with van der Waals surface area (Å²) in [6.45, 7) is 3.39. The van der Waals surface area contributed by atoms with E-state index in [4.69, 9.17) is 0 Å². The van der Waals surface area contributed by atoms with Gasteiger partial charge < -0.3 is 0 Å². The predicted molar refractivity (Wildman–Crippen MR) is 52.7 cm³/mol. The molecule has 1 aliphatic rings. The van der Waals surface area contributed by atoms with Crippen LogP contribution >= 0.6 is 0 Å². The van der Waals surface area contributed by atoms with Crippen LogP contribution in [0.15, 0.2) is 18.2 Å². The second-order valence-electron chi connectivity index (χ2n) is 4.01. The maximum atomic E-state index is 13.2. The van der Waals surface area contributed by atoms with Crippen molar-refractivity contribution in [2.24, 2.45) is 5.92 Å². The van der Waals surface area contributed by atoms with Crippen molar-refractivity contribution in [1.29, 1.82) is 0 Å². The first-order valence-electron chi connectivity index (χ1n) is 4.86. The molecule has 1 aromatic carbocycles. The second-order valence-corrected chi connectivity index (χ2v) is 4.01. The highest BCUT2D eigenvalue weighted by molar-refractivity contribution is 5.82. The first-order chi connectivity index (χ1) is 6.61. The van der Waals surface area contributed by atoms with E-state index in [0.717, 1.165) is 12.0 Å². The SMILES string of the molecule is CC(=O)[C@H]1C[C@@H]1c1cccc(F)c1C. The molecule has 1 aromatic rings. The van der Waals surface area contributed by atoms with E-state index in [1.54, 1.807) is 19.9 Å². The Morgan fingerprint density at radius 2 is 2.21 bits per heavy atom. The highest BCUT2D eigenvalue weighted by atomic mass is 19.1. The number of carbonyl (C=O) groups is 1. The van der Waals surface area contributed by atoms with Gasteiger partial charge in [0, 0.05) is 5.92 Å². The molecule has 0 bridgehead atoms. The van der Waals surface area contributed by atoms with E-state index in [-0.39, 0.29) is 23.4 Å². The van der Waals surface area contributed by atoms with Gasteiger partial charge in [-0.1, -0.05) is 12.1 Å². The Balaban J connectivity index is 2.27. The number of benzene rings is 1. The van der Waals surface area contributed by atoms with Gasteiger partial charge in [0.2, 0.25) is 0 Å². The van der Waals surface area contributed by atoms with Gasteiger partial charge in [0.15, 0.2) is 0 Å². The van der Waals surface area contributed by atoms with Crippen LogP contribution in [0.5, 0.6) is 0 Å². The molecule has 0 spiro atoms. The molecule has 0 unspecified atom stereocenters. The fraction of sp³-hybridized carbons (Fsp3) is 0.417. The van der Waals surface area contributed by atoms with Gasteiger partial charge in [0.1, 0.15) is 11.6 Å². The smallest absolute Gasteiger partial charge is 0.133 e. The Morgan fingerprint density at radius 3 is 2.79 bits per heavy atom. The Morgan fingerprint density at radius 1 is 1.50 bits per heavy atom. The van der Waals surface area contributed by atoms with Crippen molar-refractivity contribution in [2.45, 2.75) is 26.2 Å². The quantitative estimate of drug-likeness (QED) is 0.704. The highest BCUT2D eigenvalue weighted by Gasteiger charge is 2.42. The third-order valence-electron chi connectivity index (χ3n) is 3.02. The number of rotatable bonds is 2. The summed E-state index contributed by atoms with van der Waals surface area (Å²) >= 11 is 0. The van der Waals surface area contributed by atoms with E-state index in [9.17, 15) is 9.18 Å². The molecule has 2 heteroatoms.